The van der Waals surface area contributed by atoms with E-state index in [1.165, 1.54) is 6.20 Å². The highest BCUT2D eigenvalue weighted by Crippen LogP contribution is 2.41. The van der Waals surface area contributed by atoms with Crippen molar-refractivity contribution in [3.8, 4) is 12.1 Å². The number of nitrogens with zero attached hydrogens (tertiary/aromatic N) is 3. The van der Waals surface area contributed by atoms with E-state index in [0.717, 1.165) is 5.56 Å². The summed E-state index contributed by atoms with van der Waals surface area (Å²) in [6.07, 6.45) is 3.81. The van der Waals surface area contributed by atoms with Crippen LogP contribution in [0.15, 0.2) is 18.5 Å². The molecule has 4 heteroatoms. The summed E-state index contributed by atoms with van der Waals surface area (Å²) < 4.78 is 0. The molecule has 0 atom stereocenters. The summed E-state index contributed by atoms with van der Waals surface area (Å²) in [6.45, 7) is 0. The molecule has 0 radical (unpaired) electrons. The molecule has 1 aromatic heterocycles. The van der Waals surface area contributed by atoms with Gasteiger partial charge in [0.15, 0.2) is 5.78 Å². The summed E-state index contributed by atoms with van der Waals surface area (Å²) in [4.78, 5) is 16.1. The molecular weight excluding hydrogens is 202 g/mol. The highest BCUT2D eigenvalue weighted by Gasteiger charge is 2.45. The van der Waals surface area contributed by atoms with E-state index in [-0.39, 0.29) is 18.6 Å². The fourth-order valence-corrected chi connectivity index (χ4v) is 2.16. The van der Waals surface area contributed by atoms with Gasteiger partial charge in [-0.25, -0.2) is 0 Å². The van der Waals surface area contributed by atoms with Crippen molar-refractivity contribution < 1.29 is 4.79 Å². The van der Waals surface area contributed by atoms with Gasteiger partial charge in [-0.15, -0.1) is 0 Å². The number of pyridine rings is 1. The molecule has 0 saturated carbocycles. The summed E-state index contributed by atoms with van der Waals surface area (Å²) in [5.74, 6) is -0.112. The fraction of sp³-hybridized carbons (Fsp3) is 0.333. The first-order valence-corrected chi connectivity index (χ1v) is 4.95. The van der Waals surface area contributed by atoms with E-state index >= 15 is 0 Å². The summed E-state index contributed by atoms with van der Waals surface area (Å²) in [5.41, 5.74) is 0.619. The van der Waals surface area contributed by atoms with Gasteiger partial charge in [-0.05, 0) is 18.1 Å². The summed E-state index contributed by atoms with van der Waals surface area (Å²) in [5, 5.41) is 17.6. The molecule has 78 valence electrons. The number of nitriles is 2. The Kier molecular flexibility index (Phi) is 2.42. The lowest BCUT2D eigenvalue weighted by Gasteiger charge is -2.20. The molecule has 4 nitrogen and oxygen atoms in total. The van der Waals surface area contributed by atoms with Gasteiger partial charge >= 0.3 is 0 Å². The number of aromatic nitrogens is 1. The smallest absolute Gasteiger partial charge is 0.173 e. The first-order chi connectivity index (χ1) is 7.73. The predicted octanol–water partition coefficient (Wildman–Crippen LogP) is 1.63. The number of hydrogen-bond acceptors (Lipinski definition) is 4. The van der Waals surface area contributed by atoms with E-state index in [1.807, 2.05) is 12.1 Å². The van der Waals surface area contributed by atoms with Crippen LogP contribution >= 0.6 is 0 Å². The molecule has 0 bridgehead atoms. The minimum Gasteiger partial charge on any atom is -0.293 e. The number of fused-ring (bicyclic) bond motifs is 1. The normalized spacial score (nSPS) is 16.2. The monoisotopic (exact) mass is 211 g/mol. The maximum Gasteiger partial charge on any atom is 0.173 e. The van der Waals surface area contributed by atoms with E-state index in [2.05, 4.69) is 4.98 Å². The van der Waals surface area contributed by atoms with Crippen molar-refractivity contribution in [1.29, 1.82) is 10.5 Å². The van der Waals surface area contributed by atoms with Gasteiger partial charge in [0.25, 0.3) is 0 Å². The van der Waals surface area contributed by atoms with Gasteiger partial charge in [0.1, 0.15) is 0 Å². The Labute approximate surface area is 93.1 Å². The van der Waals surface area contributed by atoms with Crippen molar-refractivity contribution in [2.75, 3.05) is 0 Å². The zero-order valence-corrected chi connectivity index (χ0v) is 8.60. The van der Waals surface area contributed by atoms with Crippen LogP contribution in [0.25, 0.3) is 0 Å². The first-order valence-electron chi connectivity index (χ1n) is 4.95. The number of ketones is 1. The third-order valence-corrected chi connectivity index (χ3v) is 3.00. The van der Waals surface area contributed by atoms with Crippen LogP contribution in [0.4, 0.5) is 0 Å². The number of rotatable bonds is 2. The summed E-state index contributed by atoms with van der Waals surface area (Å²) >= 11 is 0. The molecule has 0 aliphatic heterocycles. The SMILES string of the molecule is N#CCC1(CC#N)Cc2ccncc2C1=O. The van der Waals surface area contributed by atoms with Crippen LogP contribution in [0.3, 0.4) is 0 Å². The van der Waals surface area contributed by atoms with E-state index in [9.17, 15) is 4.79 Å². The standard InChI is InChI=1S/C12H9N3O/c13-4-2-12(3-5-14)7-9-1-6-15-8-10(9)11(12)16/h1,6,8H,2-3,7H2. The fourth-order valence-electron chi connectivity index (χ4n) is 2.16. The van der Waals surface area contributed by atoms with E-state index in [0.29, 0.717) is 12.0 Å². The van der Waals surface area contributed by atoms with Gasteiger partial charge in [-0.2, -0.15) is 10.5 Å². The first kappa shape index (κ1) is 10.3. The van der Waals surface area contributed by atoms with Crippen LogP contribution in [0.5, 0.6) is 0 Å². The van der Waals surface area contributed by atoms with Crippen molar-refractivity contribution in [3.05, 3.63) is 29.6 Å². The Hall–Kier alpha value is -2.20. The van der Waals surface area contributed by atoms with Crippen LogP contribution < -0.4 is 0 Å². The van der Waals surface area contributed by atoms with Crippen LogP contribution in [0, 0.1) is 28.1 Å². The second kappa shape index (κ2) is 3.75. The molecule has 1 aliphatic rings. The Morgan fingerprint density at radius 2 is 2.06 bits per heavy atom. The maximum atomic E-state index is 12.2. The topological polar surface area (TPSA) is 77.5 Å². The third-order valence-electron chi connectivity index (χ3n) is 3.00. The Balaban J connectivity index is 2.46. The highest BCUT2D eigenvalue weighted by atomic mass is 16.1. The summed E-state index contributed by atoms with van der Waals surface area (Å²) in [7, 11) is 0. The van der Waals surface area contributed by atoms with Crippen molar-refractivity contribution in [2.45, 2.75) is 19.3 Å². The van der Waals surface area contributed by atoms with Gasteiger partial charge in [0, 0.05) is 30.8 Å². The minimum atomic E-state index is -0.838. The average molecular weight is 211 g/mol. The van der Waals surface area contributed by atoms with E-state index in [4.69, 9.17) is 10.5 Å². The van der Waals surface area contributed by atoms with Crippen LogP contribution in [-0.2, 0) is 6.42 Å². The van der Waals surface area contributed by atoms with Gasteiger partial charge in [0.2, 0.25) is 0 Å². The second-order valence-electron chi connectivity index (χ2n) is 3.99. The molecule has 1 aliphatic carbocycles. The number of carbonyl (C=O) groups excluding carboxylic acids is 1. The average Bonchev–Trinajstić information content (AvgIpc) is 2.54. The lowest BCUT2D eigenvalue weighted by molar-refractivity contribution is 0.0829. The van der Waals surface area contributed by atoms with Gasteiger partial charge < -0.3 is 0 Å². The maximum absolute atomic E-state index is 12.2. The van der Waals surface area contributed by atoms with Crippen molar-refractivity contribution in [2.24, 2.45) is 5.41 Å². The Morgan fingerprint density at radius 3 is 2.62 bits per heavy atom. The third kappa shape index (κ3) is 1.36. The largest absolute Gasteiger partial charge is 0.293 e. The van der Waals surface area contributed by atoms with Crippen molar-refractivity contribution >= 4 is 5.78 Å². The summed E-state index contributed by atoms with van der Waals surface area (Å²) in [6, 6.07) is 5.80. The molecule has 0 amide bonds. The molecule has 2 rings (SSSR count). The molecule has 0 N–H and O–H groups in total. The van der Waals surface area contributed by atoms with Crippen LogP contribution in [0.2, 0.25) is 0 Å². The van der Waals surface area contributed by atoms with Crippen LogP contribution in [-0.4, -0.2) is 10.8 Å². The molecule has 16 heavy (non-hydrogen) atoms. The second-order valence-corrected chi connectivity index (χ2v) is 3.99. The number of hydrogen-bond donors (Lipinski definition) is 0. The molecule has 0 spiro atoms. The molecule has 0 unspecified atom stereocenters. The Morgan fingerprint density at radius 1 is 1.38 bits per heavy atom. The van der Waals surface area contributed by atoms with Gasteiger partial charge in [-0.1, -0.05) is 0 Å². The molecule has 0 saturated heterocycles. The molecular formula is C12H9N3O. The van der Waals surface area contributed by atoms with Gasteiger partial charge in [0.05, 0.1) is 17.6 Å². The number of Topliss-reactive ketones (excluding diaryl/α,β-unsaturated/α-hetero) is 1. The van der Waals surface area contributed by atoms with Gasteiger partial charge in [-0.3, -0.25) is 9.78 Å². The van der Waals surface area contributed by atoms with Crippen molar-refractivity contribution in [3.63, 3.8) is 0 Å². The molecule has 0 aromatic carbocycles. The zero-order chi connectivity index (χ0) is 11.6. The van der Waals surface area contributed by atoms with E-state index < -0.39 is 5.41 Å². The lowest BCUT2D eigenvalue weighted by atomic mass is 9.78. The lowest BCUT2D eigenvalue weighted by Crippen LogP contribution is -2.27. The Bertz CT molecular complexity index is 506. The quantitative estimate of drug-likeness (QED) is 0.744. The zero-order valence-electron chi connectivity index (χ0n) is 8.60. The number of carbonyl (C=O) groups is 1. The van der Waals surface area contributed by atoms with Crippen molar-refractivity contribution in [1.82, 2.24) is 4.98 Å². The van der Waals surface area contributed by atoms with E-state index in [1.54, 1.807) is 12.3 Å². The highest BCUT2D eigenvalue weighted by molar-refractivity contribution is 6.05. The minimum absolute atomic E-state index is 0.0913. The van der Waals surface area contributed by atoms with Crippen LogP contribution in [0.1, 0.15) is 28.8 Å². The molecule has 1 aromatic rings. The molecule has 0 fully saturated rings. The molecule has 1 heterocycles. The predicted molar refractivity (Wildman–Crippen MR) is 55.2 cm³/mol.